The van der Waals surface area contributed by atoms with Crippen molar-refractivity contribution in [2.24, 2.45) is 0 Å². The van der Waals surface area contributed by atoms with Crippen molar-refractivity contribution in [2.75, 3.05) is 47.1 Å². The molecule has 36 heavy (non-hydrogen) atoms. The number of hydrogen-bond donors (Lipinski definition) is 0. The highest BCUT2D eigenvalue weighted by molar-refractivity contribution is 7.10. The molecule has 0 radical (unpaired) electrons. The zero-order chi connectivity index (χ0) is 25.5. The summed E-state index contributed by atoms with van der Waals surface area (Å²) >= 11 is 1.66. The van der Waals surface area contributed by atoms with Gasteiger partial charge in [-0.05, 0) is 47.7 Å². The lowest BCUT2D eigenvalue weighted by Gasteiger charge is -2.37. The van der Waals surface area contributed by atoms with Crippen LogP contribution in [-0.4, -0.2) is 68.7 Å². The fourth-order valence-electron chi connectivity index (χ4n) is 4.29. The average Bonchev–Trinajstić information content (AvgIpc) is 3.39. The Morgan fingerprint density at radius 3 is 2.58 bits per heavy atom. The van der Waals surface area contributed by atoms with Crippen LogP contribution in [0.2, 0.25) is 0 Å². The molecule has 2 heterocycles. The smallest absolute Gasteiger partial charge is 0.257 e. The minimum absolute atomic E-state index is 0.0729. The van der Waals surface area contributed by atoms with E-state index in [1.54, 1.807) is 29.4 Å². The average molecular weight is 513 g/mol. The van der Waals surface area contributed by atoms with E-state index in [4.69, 9.17) is 14.2 Å². The number of ether oxygens (including phenoxy) is 3. The summed E-state index contributed by atoms with van der Waals surface area (Å²) in [5, 5.41) is 2.02. The Hall–Kier alpha value is -3.43. The van der Waals surface area contributed by atoms with Crippen molar-refractivity contribution >= 4 is 23.2 Å². The fourth-order valence-corrected chi connectivity index (χ4v) is 5.22. The summed E-state index contributed by atoms with van der Waals surface area (Å²) in [5.74, 6) is -0.208. The summed E-state index contributed by atoms with van der Waals surface area (Å²) in [7, 11) is 3.10. The van der Waals surface area contributed by atoms with Crippen LogP contribution in [0.3, 0.4) is 0 Å². The Balaban J connectivity index is 1.54. The third-order valence-corrected chi connectivity index (χ3v) is 7.16. The first-order valence-electron chi connectivity index (χ1n) is 11.7. The van der Waals surface area contributed by atoms with Gasteiger partial charge in [0, 0.05) is 25.1 Å². The number of rotatable bonds is 10. The summed E-state index contributed by atoms with van der Waals surface area (Å²) in [4.78, 5) is 31.0. The predicted octanol–water partition coefficient (Wildman–Crippen LogP) is 4.19. The summed E-state index contributed by atoms with van der Waals surface area (Å²) in [6.45, 7) is 0.923. The standard InChI is InChI=1S/C27H29FN2O5S/c1-33-15-14-29(27(32)19-7-3-4-8-21(19)28)17-26(31)30-13-11-25-20(12-16-36-25)22(30)18-35-24-10-6-5-9-23(24)34-2/h3-10,12,16,22H,11,13-15,17-18H2,1-2H3/t22-/m1/s1. The van der Waals surface area contributed by atoms with Crippen LogP contribution in [0, 0.1) is 5.82 Å². The van der Waals surface area contributed by atoms with E-state index in [-0.39, 0.29) is 43.8 Å². The van der Waals surface area contributed by atoms with E-state index in [0.717, 1.165) is 12.0 Å². The minimum Gasteiger partial charge on any atom is -0.493 e. The summed E-state index contributed by atoms with van der Waals surface area (Å²) < 4.78 is 31.0. The number of thiophene rings is 1. The maximum atomic E-state index is 14.3. The monoisotopic (exact) mass is 512 g/mol. The molecule has 2 aromatic carbocycles. The van der Waals surface area contributed by atoms with Gasteiger partial charge in [-0.25, -0.2) is 4.39 Å². The SMILES string of the molecule is COCCN(CC(=O)N1CCc2sccc2[C@H]1COc1ccccc1OC)C(=O)c1ccccc1F. The van der Waals surface area contributed by atoms with Gasteiger partial charge in [-0.15, -0.1) is 11.3 Å². The number of fused-ring (bicyclic) bond motifs is 1. The normalized spacial score (nSPS) is 14.8. The summed E-state index contributed by atoms with van der Waals surface area (Å²) in [6, 6.07) is 14.8. The van der Waals surface area contributed by atoms with E-state index in [1.807, 2.05) is 35.7 Å². The number of carbonyl (C=O) groups is 2. The molecule has 0 spiro atoms. The van der Waals surface area contributed by atoms with E-state index in [0.29, 0.717) is 18.0 Å². The van der Waals surface area contributed by atoms with Gasteiger partial charge < -0.3 is 24.0 Å². The van der Waals surface area contributed by atoms with Gasteiger partial charge in [-0.1, -0.05) is 24.3 Å². The van der Waals surface area contributed by atoms with Gasteiger partial charge in [-0.2, -0.15) is 0 Å². The van der Waals surface area contributed by atoms with E-state index in [9.17, 15) is 14.0 Å². The molecule has 2 amide bonds. The van der Waals surface area contributed by atoms with Crippen molar-refractivity contribution in [1.29, 1.82) is 0 Å². The number of halogens is 1. The molecule has 0 unspecified atom stereocenters. The van der Waals surface area contributed by atoms with Crippen LogP contribution in [0.15, 0.2) is 60.0 Å². The van der Waals surface area contributed by atoms with Gasteiger partial charge in [-0.3, -0.25) is 9.59 Å². The molecule has 0 aliphatic carbocycles. The zero-order valence-corrected chi connectivity index (χ0v) is 21.1. The number of nitrogens with zero attached hydrogens (tertiary/aromatic N) is 2. The molecule has 0 N–H and O–H groups in total. The van der Waals surface area contributed by atoms with E-state index in [2.05, 4.69) is 0 Å². The number of benzene rings is 2. The number of carbonyl (C=O) groups excluding carboxylic acids is 2. The molecule has 3 aromatic rings. The van der Waals surface area contributed by atoms with Crippen LogP contribution in [0.4, 0.5) is 4.39 Å². The summed E-state index contributed by atoms with van der Waals surface area (Å²) in [6.07, 6.45) is 0.725. The maximum absolute atomic E-state index is 14.3. The second-order valence-electron chi connectivity index (χ2n) is 8.31. The van der Waals surface area contributed by atoms with Crippen molar-refractivity contribution in [1.82, 2.24) is 9.80 Å². The van der Waals surface area contributed by atoms with Gasteiger partial charge in [0.2, 0.25) is 5.91 Å². The van der Waals surface area contributed by atoms with Crippen LogP contribution >= 0.6 is 11.3 Å². The molecule has 0 bridgehead atoms. The number of amides is 2. The Morgan fingerprint density at radius 2 is 1.83 bits per heavy atom. The van der Waals surface area contributed by atoms with E-state index < -0.39 is 11.7 Å². The van der Waals surface area contributed by atoms with Crippen LogP contribution in [0.5, 0.6) is 11.5 Å². The first-order valence-corrected chi connectivity index (χ1v) is 12.6. The Kier molecular flexibility index (Phi) is 8.56. The third-order valence-electron chi connectivity index (χ3n) is 6.16. The Bertz CT molecular complexity index is 1200. The molecule has 1 aliphatic heterocycles. The van der Waals surface area contributed by atoms with Crippen molar-refractivity contribution in [2.45, 2.75) is 12.5 Å². The van der Waals surface area contributed by atoms with Gasteiger partial charge in [0.25, 0.3) is 5.91 Å². The second-order valence-corrected chi connectivity index (χ2v) is 9.31. The largest absolute Gasteiger partial charge is 0.493 e. The molecular formula is C27H29FN2O5S. The van der Waals surface area contributed by atoms with Crippen molar-refractivity contribution in [3.63, 3.8) is 0 Å². The lowest BCUT2D eigenvalue weighted by Crippen LogP contribution is -2.48. The van der Waals surface area contributed by atoms with Crippen molar-refractivity contribution in [3.05, 3.63) is 81.8 Å². The fraction of sp³-hybridized carbons (Fsp3) is 0.333. The molecule has 1 aliphatic rings. The number of hydrogen-bond acceptors (Lipinski definition) is 6. The quantitative estimate of drug-likeness (QED) is 0.408. The summed E-state index contributed by atoms with van der Waals surface area (Å²) in [5.41, 5.74) is 0.967. The predicted molar refractivity (Wildman–Crippen MR) is 135 cm³/mol. The van der Waals surface area contributed by atoms with Crippen LogP contribution in [0.25, 0.3) is 0 Å². The molecule has 0 fully saturated rings. The molecule has 1 aromatic heterocycles. The van der Waals surface area contributed by atoms with Crippen LogP contribution < -0.4 is 9.47 Å². The Morgan fingerprint density at radius 1 is 1.08 bits per heavy atom. The molecule has 9 heteroatoms. The van der Waals surface area contributed by atoms with Crippen molar-refractivity contribution in [3.8, 4) is 11.5 Å². The van der Waals surface area contributed by atoms with Crippen molar-refractivity contribution < 1.29 is 28.2 Å². The minimum atomic E-state index is -0.624. The first kappa shape index (κ1) is 25.7. The van der Waals surface area contributed by atoms with Gasteiger partial charge in [0.1, 0.15) is 19.0 Å². The van der Waals surface area contributed by atoms with Crippen LogP contribution in [-0.2, 0) is 16.0 Å². The molecule has 1 atom stereocenters. The molecule has 0 saturated carbocycles. The molecule has 4 rings (SSSR count). The molecule has 7 nitrogen and oxygen atoms in total. The molecule has 0 saturated heterocycles. The van der Waals surface area contributed by atoms with Crippen LogP contribution in [0.1, 0.15) is 26.8 Å². The molecular weight excluding hydrogens is 483 g/mol. The maximum Gasteiger partial charge on any atom is 0.257 e. The highest BCUT2D eigenvalue weighted by Gasteiger charge is 2.34. The van der Waals surface area contributed by atoms with Gasteiger partial charge >= 0.3 is 0 Å². The second kappa shape index (κ2) is 12.0. The lowest BCUT2D eigenvalue weighted by molar-refractivity contribution is -0.135. The van der Waals surface area contributed by atoms with Gasteiger partial charge in [0.05, 0.1) is 25.3 Å². The van der Waals surface area contributed by atoms with Gasteiger partial charge in [0.15, 0.2) is 11.5 Å². The zero-order valence-electron chi connectivity index (χ0n) is 20.3. The lowest BCUT2D eigenvalue weighted by atomic mass is 10.0. The number of para-hydroxylation sites is 2. The topological polar surface area (TPSA) is 68.3 Å². The highest BCUT2D eigenvalue weighted by atomic mass is 32.1. The Labute approximate surface area is 214 Å². The van der Waals surface area contributed by atoms with E-state index in [1.165, 1.54) is 35.1 Å². The third kappa shape index (κ3) is 5.68. The first-order chi connectivity index (χ1) is 17.5. The number of methoxy groups -OCH3 is 2. The van der Waals surface area contributed by atoms with E-state index >= 15 is 0 Å². The molecule has 190 valence electrons. The highest BCUT2D eigenvalue weighted by Crippen LogP contribution is 2.35.